The van der Waals surface area contributed by atoms with Crippen molar-refractivity contribution < 1.29 is 4.79 Å². The maximum absolute atomic E-state index is 12.2. The number of carbonyl (C=O) groups excluding carboxylic acids is 1. The van der Waals surface area contributed by atoms with Crippen LogP contribution in [0.2, 0.25) is 0 Å². The summed E-state index contributed by atoms with van der Waals surface area (Å²) in [6.07, 6.45) is 14.2. The predicted octanol–water partition coefficient (Wildman–Crippen LogP) is 3.85. The Morgan fingerprint density at radius 2 is 1.81 bits per heavy atom. The summed E-state index contributed by atoms with van der Waals surface area (Å²) in [5, 5.41) is 0. The van der Waals surface area contributed by atoms with Crippen LogP contribution < -0.4 is 0 Å². The largest absolute Gasteiger partial charge is 0.332 e. The molecule has 2 heterocycles. The smallest absolute Gasteiger partial charge is 0.223 e. The van der Waals surface area contributed by atoms with Crippen molar-refractivity contribution in [2.24, 2.45) is 0 Å². The number of carbonyl (C=O) groups is 1. The van der Waals surface area contributed by atoms with Crippen molar-refractivity contribution in [1.29, 1.82) is 0 Å². The zero-order valence-electron chi connectivity index (χ0n) is 13.2. The second kappa shape index (κ2) is 8.75. The van der Waals surface area contributed by atoms with Gasteiger partial charge in [-0.15, -0.1) is 0 Å². The Balaban J connectivity index is 1.55. The molecule has 0 saturated carbocycles. The van der Waals surface area contributed by atoms with Crippen molar-refractivity contribution >= 4 is 5.91 Å². The van der Waals surface area contributed by atoms with E-state index < -0.39 is 0 Å². The Kier molecular flexibility index (Phi) is 6.64. The lowest BCUT2D eigenvalue weighted by atomic mass is 10.1. The molecule has 0 unspecified atom stereocenters. The highest BCUT2D eigenvalue weighted by Gasteiger charge is 2.23. The quantitative estimate of drug-likeness (QED) is 0.649. The van der Waals surface area contributed by atoms with E-state index in [1.807, 2.05) is 11.1 Å². The Labute approximate surface area is 128 Å². The van der Waals surface area contributed by atoms with Crippen molar-refractivity contribution in [3.63, 3.8) is 0 Å². The molecule has 1 amide bonds. The van der Waals surface area contributed by atoms with Gasteiger partial charge in [-0.05, 0) is 6.42 Å². The van der Waals surface area contributed by atoms with Crippen molar-refractivity contribution in [2.45, 2.75) is 77.8 Å². The van der Waals surface area contributed by atoms with Crippen LogP contribution in [0.1, 0.15) is 76.0 Å². The predicted molar refractivity (Wildman–Crippen MR) is 83.5 cm³/mol. The highest BCUT2D eigenvalue weighted by atomic mass is 16.2. The first kappa shape index (κ1) is 15.9. The van der Waals surface area contributed by atoms with Gasteiger partial charge in [0.1, 0.15) is 6.33 Å². The third-order valence-corrected chi connectivity index (χ3v) is 4.18. The molecule has 1 aromatic heterocycles. The molecule has 0 radical (unpaired) electrons. The zero-order chi connectivity index (χ0) is 14.9. The Morgan fingerprint density at radius 1 is 1.10 bits per heavy atom. The molecule has 0 aromatic carbocycles. The van der Waals surface area contributed by atoms with Gasteiger partial charge in [-0.3, -0.25) is 4.79 Å². The molecule has 0 spiro atoms. The number of hydrogen-bond acceptors (Lipinski definition) is 3. The van der Waals surface area contributed by atoms with Gasteiger partial charge in [0.15, 0.2) is 0 Å². The Hall–Kier alpha value is -1.45. The van der Waals surface area contributed by atoms with Gasteiger partial charge < -0.3 is 4.90 Å². The molecule has 0 fully saturated rings. The monoisotopic (exact) mass is 289 g/mol. The van der Waals surface area contributed by atoms with E-state index in [0.29, 0.717) is 19.5 Å². The van der Waals surface area contributed by atoms with E-state index >= 15 is 0 Å². The average Bonchev–Trinajstić information content (AvgIpc) is 2.94. The van der Waals surface area contributed by atoms with E-state index in [2.05, 4.69) is 16.9 Å². The van der Waals surface area contributed by atoms with E-state index in [4.69, 9.17) is 0 Å². The zero-order valence-corrected chi connectivity index (χ0v) is 13.2. The van der Waals surface area contributed by atoms with Gasteiger partial charge in [-0.1, -0.05) is 51.9 Å². The molecule has 1 aliphatic rings. The van der Waals surface area contributed by atoms with E-state index in [1.165, 1.54) is 44.9 Å². The summed E-state index contributed by atoms with van der Waals surface area (Å²) < 4.78 is 0. The molecule has 0 bridgehead atoms. The minimum atomic E-state index is 0.263. The van der Waals surface area contributed by atoms with Gasteiger partial charge in [0.2, 0.25) is 5.91 Å². The molecular weight excluding hydrogens is 262 g/mol. The minimum absolute atomic E-state index is 0.263. The van der Waals surface area contributed by atoms with E-state index in [0.717, 1.165) is 17.7 Å². The fourth-order valence-corrected chi connectivity index (χ4v) is 2.85. The van der Waals surface area contributed by atoms with Gasteiger partial charge >= 0.3 is 0 Å². The number of nitrogens with zero attached hydrogens (tertiary/aromatic N) is 3. The first-order chi connectivity index (χ1) is 10.3. The highest BCUT2D eigenvalue weighted by Crippen LogP contribution is 2.20. The van der Waals surface area contributed by atoms with Crippen LogP contribution in [0, 0.1) is 0 Å². The number of fused-ring (bicyclic) bond motifs is 1. The van der Waals surface area contributed by atoms with Gasteiger partial charge in [-0.25, -0.2) is 9.97 Å². The van der Waals surface area contributed by atoms with Gasteiger partial charge in [0.05, 0.1) is 12.2 Å². The van der Waals surface area contributed by atoms with Gasteiger partial charge in [0, 0.05) is 24.7 Å². The second-order valence-corrected chi connectivity index (χ2v) is 5.97. The topological polar surface area (TPSA) is 46.1 Å². The molecule has 1 aromatic rings. The van der Waals surface area contributed by atoms with Crippen LogP contribution in [0.5, 0.6) is 0 Å². The van der Waals surface area contributed by atoms with E-state index in [1.54, 1.807) is 6.33 Å². The lowest BCUT2D eigenvalue weighted by Crippen LogP contribution is -2.24. The molecule has 2 rings (SSSR count). The first-order valence-electron chi connectivity index (χ1n) is 8.36. The summed E-state index contributed by atoms with van der Waals surface area (Å²) in [7, 11) is 0. The van der Waals surface area contributed by atoms with Gasteiger partial charge in [0.25, 0.3) is 0 Å². The van der Waals surface area contributed by atoms with Crippen LogP contribution in [-0.4, -0.2) is 20.8 Å². The first-order valence-corrected chi connectivity index (χ1v) is 8.36. The second-order valence-electron chi connectivity index (χ2n) is 5.97. The Morgan fingerprint density at radius 3 is 2.52 bits per heavy atom. The van der Waals surface area contributed by atoms with Crippen molar-refractivity contribution in [2.75, 3.05) is 0 Å². The van der Waals surface area contributed by atoms with Crippen molar-refractivity contribution in [3.05, 3.63) is 23.8 Å². The molecule has 4 heteroatoms. The third-order valence-electron chi connectivity index (χ3n) is 4.18. The lowest BCUT2D eigenvalue weighted by molar-refractivity contribution is -0.131. The third kappa shape index (κ3) is 5.10. The molecular formula is C17H27N3O. The Bertz CT molecular complexity index is 422. The molecule has 1 aliphatic heterocycles. The normalized spacial score (nSPS) is 13.5. The molecule has 4 nitrogen and oxygen atoms in total. The summed E-state index contributed by atoms with van der Waals surface area (Å²) in [6.45, 7) is 3.59. The fraction of sp³-hybridized carbons (Fsp3) is 0.706. The molecule has 21 heavy (non-hydrogen) atoms. The van der Waals surface area contributed by atoms with Gasteiger partial charge in [-0.2, -0.15) is 0 Å². The van der Waals surface area contributed by atoms with Crippen LogP contribution in [0.25, 0.3) is 0 Å². The molecule has 0 atom stereocenters. The summed E-state index contributed by atoms with van der Waals surface area (Å²) in [5.41, 5.74) is 2.11. The average molecular weight is 289 g/mol. The molecule has 116 valence electrons. The maximum Gasteiger partial charge on any atom is 0.223 e. The molecule has 0 saturated heterocycles. The number of aromatic nitrogens is 2. The minimum Gasteiger partial charge on any atom is -0.332 e. The summed E-state index contributed by atoms with van der Waals surface area (Å²) >= 11 is 0. The van der Waals surface area contributed by atoms with Crippen LogP contribution in [-0.2, 0) is 17.9 Å². The van der Waals surface area contributed by atoms with E-state index in [-0.39, 0.29) is 5.91 Å². The summed E-state index contributed by atoms with van der Waals surface area (Å²) in [5.74, 6) is 0.263. The summed E-state index contributed by atoms with van der Waals surface area (Å²) in [6, 6.07) is 0. The van der Waals surface area contributed by atoms with E-state index in [9.17, 15) is 4.79 Å². The van der Waals surface area contributed by atoms with Crippen molar-refractivity contribution in [1.82, 2.24) is 14.9 Å². The number of hydrogen-bond donors (Lipinski definition) is 0. The number of rotatable bonds is 9. The van der Waals surface area contributed by atoms with Crippen LogP contribution in [0.4, 0.5) is 0 Å². The summed E-state index contributed by atoms with van der Waals surface area (Å²) in [4.78, 5) is 22.3. The lowest BCUT2D eigenvalue weighted by Gasteiger charge is -2.14. The maximum atomic E-state index is 12.2. The molecule has 0 N–H and O–H groups in total. The van der Waals surface area contributed by atoms with Crippen LogP contribution in [0.3, 0.4) is 0 Å². The van der Waals surface area contributed by atoms with Crippen LogP contribution in [0.15, 0.2) is 12.5 Å². The van der Waals surface area contributed by atoms with Crippen molar-refractivity contribution in [3.8, 4) is 0 Å². The molecule has 0 aliphatic carbocycles. The standard InChI is InChI=1S/C17H27N3O/c1-2-3-4-5-6-7-8-9-10-17(21)20-12-15-11-18-14-19-16(15)13-20/h11,14H,2-10,12-13H2,1H3. The fourth-order valence-electron chi connectivity index (χ4n) is 2.85. The highest BCUT2D eigenvalue weighted by molar-refractivity contribution is 5.76. The number of unbranched alkanes of at least 4 members (excludes halogenated alkanes) is 7. The number of amides is 1. The van der Waals surface area contributed by atoms with Crippen LogP contribution >= 0.6 is 0 Å². The SMILES string of the molecule is CCCCCCCCCCC(=O)N1Cc2cncnc2C1.